The summed E-state index contributed by atoms with van der Waals surface area (Å²) in [4.78, 5) is 14.3. The maximum Gasteiger partial charge on any atom is 0.224 e. The van der Waals surface area contributed by atoms with Crippen LogP contribution in [-0.4, -0.2) is 19.1 Å². The Morgan fingerprint density at radius 2 is 1.62 bits per heavy atom. The van der Waals surface area contributed by atoms with Gasteiger partial charge in [-0.2, -0.15) is 0 Å². The van der Waals surface area contributed by atoms with Crippen LogP contribution in [0.15, 0.2) is 97.1 Å². The highest BCUT2D eigenvalue weighted by atomic mass is 19.1. The second-order valence-electron chi connectivity index (χ2n) is 8.74. The molecule has 5 heteroatoms. The van der Waals surface area contributed by atoms with Crippen LogP contribution < -0.4 is 9.64 Å². The fraction of sp³-hybridized carbons (Fsp3) is 0.147. The first-order valence-electron chi connectivity index (χ1n) is 12.5. The van der Waals surface area contributed by atoms with Crippen LogP contribution in [-0.2, 0) is 22.7 Å². The Morgan fingerprint density at radius 3 is 2.33 bits per heavy atom. The number of anilines is 1. The van der Waals surface area contributed by atoms with Gasteiger partial charge in [0, 0.05) is 29.2 Å². The topological polar surface area (TPSA) is 38.8 Å². The van der Waals surface area contributed by atoms with E-state index in [2.05, 4.69) is 17.8 Å². The van der Waals surface area contributed by atoms with Crippen molar-refractivity contribution >= 4 is 11.6 Å². The zero-order valence-electron chi connectivity index (χ0n) is 21.7. The van der Waals surface area contributed by atoms with Crippen LogP contribution in [0.2, 0.25) is 0 Å². The first-order valence-corrected chi connectivity index (χ1v) is 12.5. The van der Waals surface area contributed by atoms with Gasteiger partial charge in [-0.05, 0) is 54.1 Å². The highest BCUT2D eigenvalue weighted by Gasteiger charge is 2.19. The molecule has 0 saturated heterocycles. The smallest absolute Gasteiger partial charge is 0.224 e. The zero-order chi connectivity index (χ0) is 27.5. The third-order valence-corrected chi connectivity index (χ3v) is 5.90. The normalized spacial score (nSPS) is 10.2. The summed E-state index contributed by atoms with van der Waals surface area (Å²) in [5.41, 5.74) is 4.12. The van der Waals surface area contributed by atoms with E-state index in [9.17, 15) is 9.18 Å². The summed E-state index contributed by atoms with van der Waals surface area (Å²) >= 11 is 0. The molecule has 0 bridgehead atoms. The standard InChI is InChI=1S/C34H28FNO3/c1-3-27-15-19-34(39-21-20-38-25-29-12-8-5-9-13-29)31(22-27)24-36(26(2)37)33-23-32(35)18-17-30(33)16-14-28-10-6-4-7-11-28/h1,4-13,15,17-19,22-23H,20-21,24-25H2,2H3. The second kappa shape index (κ2) is 13.6. The predicted molar refractivity (Wildman–Crippen MR) is 152 cm³/mol. The van der Waals surface area contributed by atoms with Gasteiger partial charge in [0.25, 0.3) is 0 Å². The SMILES string of the molecule is C#Cc1ccc(OCCOCc2ccccc2)c(CN(C(C)=O)c2cc(F)ccc2C#Cc2ccccc2)c1. The molecule has 4 aromatic carbocycles. The second-order valence-corrected chi connectivity index (χ2v) is 8.74. The zero-order valence-corrected chi connectivity index (χ0v) is 21.7. The molecule has 0 atom stereocenters. The summed E-state index contributed by atoms with van der Waals surface area (Å²) in [6.07, 6.45) is 5.65. The number of amides is 1. The summed E-state index contributed by atoms with van der Waals surface area (Å²) < 4.78 is 26.1. The van der Waals surface area contributed by atoms with Crippen molar-refractivity contribution in [2.24, 2.45) is 0 Å². The predicted octanol–water partition coefficient (Wildman–Crippen LogP) is 6.36. The molecule has 4 rings (SSSR count). The van der Waals surface area contributed by atoms with Gasteiger partial charge in [-0.1, -0.05) is 66.3 Å². The van der Waals surface area contributed by atoms with Gasteiger partial charge in [0.05, 0.1) is 25.4 Å². The summed E-state index contributed by atoms with van der Waals surface area (Å²) in [5, 5.41) is 0. The summed E-state index contributed by atoms with van der Waals surface area (Å²) in [7, 11) is 0. The fourth-order valence-corrected chi connectivity index (χ4v) is 3.94. The monoisotopic (exact) mass is 517 g/mol. The van der Waals surface area contributed by atoms with Gasteiger partial charge in [-0.25, -0.2) is 4.39 Å². The van der Waals surface area contributed by atoms with Gasteiger partial charge < -0.3 is 14.4 Å². The van der Waals surface area contributed by atoms with Crippen molar-refractivity contribution in [1.82, 2.24) is 0 Å². The van der Waals surface area contributed by atoms with E-state index in [1.807, 2.05) is 60.7 Å². The molecule has 0 aliphatic heterocycles. The Labute approximate surface area is 229 Å². The molecule has 4 nitrogen and oxygen atoms in total. The fourth-order valence-electron chi connectivity index (χ4n) is 3.94. The minimum atomic E-state index is -0.467. The van der Waals surface area contributed by atoms with Gasteiger partial charge in [-0.15, -0.1) is 6.42 Å². The third-order valence-electron chi connectivity index (χ3n) is 5.90. The molecule has 0 radical (unpaired) electrons. The lowest BCUT2D eigenvalue weighted by Gasteiger charge is -2.24. The molecule has 0 aliphatic carbocycles. The lowest BCUT2D eigenvalue weighted by Crippen LogP contribution is -2.29. The molecule has 0 spiro atoms. The third kappa shape index (κ3) is 7.82. The summed E-state index contributed by atoms with van der Waals surface area (Å²) in [5.74, 6) is 8.62. The van der Waals surface area contributed by atoms with E-state index in [-0.39, 0.29) is 12.5 Å². The van der Waals surface area contributed by atoms with Gasteiger partial charge in [0.1, 0.15) is 18.2 Å². The van der Waals surface area contributed by atoms with Crippen molar-refractivity contribution in [1.29, 1.82) is 0 Å². The van der Waals surface area contributed by atoms with Crippen LogP contribution in [0.3, 0.4) is 0 Å². The van der Waals surface area contributed by atoms with Gasteiger partial charge in [-0.3, -0.25) is 4.79 Å². The van der Waals surface area contributed by atoms with Crippen molar-refractivity contribution < 1.29 is 18.7 Å². The minimum absolute atomic E-state index is 0.120. The van der Waals surface area contributed by atoms with Crippen molar-refractivity contribution in [3.05, 3.63) is 131 Å². The molecule has 0 unspecified atom stereocenters. The van der Waals surface area contributed by atoms with E-state index in [0.717, 1.165) is 11.1 Å². The van der Waals surface area contributed by atoms with Crippen molar-refractivity contribution in [3.63, 3.8) is 0 Å². The molecular weight excluding hydrogens is 489 g/mol. The molecule has 0 aliphatic rings. The number of carbonyl (C=O) groups excluding carboxylic acids is 1. The number of halogens is 1. The van der Waals surface area contributed by atoms with E-state index in [4.69, 9.17) is 15.9 Å². The lowest BCUT2D eigenvalue weighted by atomic mass is 10.1. The summed E-state index contributed by atoms with van der Waals surface area (Å²) in [6.45, 7) is 2.72. The number of ether oxygens (including phenoxy) is 2. The summed E-state index contributed by atoms with van der Waals surface area (Å²) in [6, 6.07) is 28.9. The Bertz CT molecular complexity index is 1520. The molecule has 1 amide bonds. The number of rotatable bonds is 9. The van der Waals surface area contributed by atoms with Crippen LogP contribution in [0, 0.1) is 30.0 Å². The first-order chi connectivity index (χ1) is 19.0. The highest BCUT2D eigenvalue weighted by Crippen LogP contribution is 2.28. The molecule has 194 valence electrons. The average Bonchev–Trinajstić information content (AvgIpc) is 2.96. The van der Waals surface area contributed by atoms with Crippen LogP contribution in [0.1, 0.15) is 34.7 Å². The number of terminal acetylenes is 1. The number of hydrogen-bond acceptors (Lipinski definition) is 3. The van der Waals surface area contributed by atoms with Crippen LogP contribution in [0.25, 0.3) is 0 Å². The quantitative estimate of drug-likeness (QED) is 0.192. The van der Waals surface area contributed by atoms with Gasteiger partial charge >= 0.3 is 0 Å². The maximum atomic E-state index is 14.4. The van der Waals surface area contributed by atoms with Crippen LogP contribution in [0.4, 0.5) is 10.1 Å². The van der Waals surface area contributed by atoms with Gasteiger partial charge in [0.2, 0.25) is 5.91 Å². The van der Waals surface area contributed by atoms with E-state index >= 15 is 0 Å². The Morgan fingerprint density at radius 1 is 0.872 bits per heavy atom. The number of benzene rings is 4. The Kier molecular flexibility index (Phi) is 9.51. The van der Waals surface area contributed by atoms with E-state index < -0.39 is 5.82 Å². The molecule has 0 heterocycles. The molecule has 4 aromatic rings. The molecule has 0 fully saturated rings. The van der Waals surface area contributed by atoms with Crippen LogP contribution >= 0.6 is 0 Å². The van der Waals surface area contributed by atoms with Crippen molar-refractivity contribution in [2.75, 3.05) is 18.1 Å². The minimum Gasteiger partial charge on any atom is -0.491 e. The van der Waals surface area contributed by atoms with E-state index in [1.54, 1.807) is 24.3 Å². The number of nitrogens with zero attached hydrogens (tertiary/aromatic N) is 1. The van der Waals surface area contributed by atoms with Crippen LogP contribution in [0.5, 0.6) is 5.75 Å². The number of hydrogen-bond donors (Lipinski definition) is 0. The Hall–Kier alpha value is -4.84. The van der Waals surface area contributed by atoms with Gasteiger partial charge in [0.15, 0.2) is 0 Å². The maximum absolute atomic E-state index is 14.4. The first kappa shape index (κ1) is 27.2. The van der Waals surface area contributed by atoms with E-state index in [1.165, 1.54) is 24.0 Å². The molecule has 0 N–H and O–H groups in total. The largest absolute Gasteiger partial charge is 0.491 e. The lowest BCUT2D eigenvalue weighted by molar-refractivity contribution is -0.116. The van der Waals surface area contributed by atoms with Crippen molar-refractivity contribution in [2.45, 2.75) is 20.1 Å². The molecular formula is C34H28FNO3. The molecule has 0 saturated carbocycles. The number of carbonyl (C=O) groups is 1. The Balaban J connectivity index is 1.55. The highest BCUT2D eigenvalue weighted by molar-refractivity contribution is 5.93. The van der Waals surface area contributed by atoms with Crippen molar-refractivity contribution in [3.8, 4) is 29.9 Å². The molecule has 39 heavy (non-hydrogen) atoms. The average molecular weight is 518 g/mol. The van der Waals surface area contributed by atoms with E-state index in [0.29, 0.717) is 47.9 Å². The molecule has 0 aromatic heterocycles.